The average molecular weight is 526 g/mol. The average Bonchev–Trinajstić information content (AvgIpc) is 2.67. The van der Waals surface area contributed by atoms with Gasteiger partial charge in [-0.15, -0.1) is 13.2 Å². The molecule has 2 rings (SSSR count). The fraction of sp³-hybridized carbons (Fsp3) is 0.176. The lowest BCUT2D eigenvalue weighted by molar-refractivity contribution is -0.411. The summed E-state index contributed by atoms with van der Waals surface area (Å²) in [5.74, 6) is -1.86. The summed E-state index contributed by atoms with van der Waals surface area (Å²) in [4.78, 5) is 24.2. The van der Waals surface area contributed by atoms with E-state index in [2.05, 4.69) is 9.47 Å². The summed E-state index contributed by atoms with van der Waals surface area (Å²) in [5.41, 5.74) is -0.307. The molecule has 0 bridgehead atoms. The maximum atomic E-state index is 13.5. The highest BCUT2D eigenvalue weighted by Gasteiger charge is 2.50. The molecular weight excluding hydrogens is 517 g/mol. The SMILES string of the molecule is O=C(NC(=O)N(Cl)c1ccc(OC(F)(F)C(F)OC(F)(F)F)c(Cl)c1)c1ccccc1Cl. The first-order valence-electron chi connectivity index (χ1n) is 8.02. The Hall–Kier alpha value is -2.41. The van der Waals surface area contributed by atoms with Crippen LogP contribution in [-0.2, 0) is 4.74 Å². The Labute approximate surface area is 190 Å². The fourth-order valence-corrected chi connectivity index (χ4v) is 2.63. The van der Waals surface area contributed by atoms with Gasteiger partial charge in [0.05, 0.1) is 21.3 Å². The quantitative estimate of drug-likeness (QED) is 0.355. The van der Waals surface area contributed by atoms with E-state index >= 15 is 0 Å². The molecule has 0 saturated heterocycles. The summed E-state index contributed by atoms with van der Waals surface area (Å²) >= 11 is 17.3. The number of hydrogen-bond donors (Lipinski definition) is 1. The second-order valence-electron chi connectivity index (χ2n) is 5.68. The van der Waals surface area contributed by atoms with Gasteiger partial charge in [0, 0.05) is 11.8 Å². The Morgan fingerprint density at radius 3 is 2.19 bits per heavy atom. The second-order valence-corrected chi connectivity index (χ2v) is 6.83. The number of amides is 3. The minimum absolute atomic E-state index is 0.0431. The molecule has 0 heterocycles. The highest BCUT2D eigenvalue weighted by Crippen LogP contribution is 2.36. The molecule has 0 fully saturated rings. The highest BCUT2D eigenvalue weighted by atomic mass is 35.5. The van der Waals surface area contributed by atoms with Crippen LogP contribution in [0, 0.1) is 0 Å². The highest BCUT2D eigenvalue weighted by molar-refractivity contribution is 6.39. The first-order valence-corrected chi connectivity index (χ1v) is 9.11. The fourth-order valence-electron chi connectivity index (χ4n) is 2.05. The van der Waals surface area contributed by atoms with Crippen LogP contribution < -0.4 is 14.5 Å². The van der Waals surface area contributed by atoms with Crippen LogP contribution >= 0.6 is 35.0 Å². The number of carbonyl (C=O) groups is 2. The molecule has 3 amide bonds. The van der Waals surface area contributed by atoms with Crippen LogP contribution in [0.15, 0.2) is 42.5 Å². The van der Waals surface area contributed by atoms with Crippen molar-refractivity contribution in [3.8, 4) is 5.75 Å². The van der Waals surface area contributed by atoms with Crippen LogP contribution in [0.3, 0.4) is 0 Å². The monoisotopic (exact) mass is 524 g/mol. The smallest absolute Gasteiger partial charge is 0.427 e. The molecule has 2 aromatic carbocycles. The van der Waals surface area contributed by atoms with E-state index in [0.29, 0.717) is 10.5 Å². The Bertz CT molecular complexity index is 1010. The number of nitrogens with one attached hydrogen (secondary N) is 1. The topological polar surface area (TPSA) is 67.9 Å². The lowest BCUT2D eigenvalue weighted by atomic mass is 10.2. The summed E-state index contributed by atoms with van der Waals surface area (Å²) in [6, 6.07) is 6.91. The Morgan fingerprint density at radius 2 is 1.62 bits per heavy atom. The molecule has 1 atom stereocenters. The molecule has 2 aromatic rings. The van der Waals surface area contributed by atoms with Crippen molar-refractivity contribution in [1.82, 2.24) is 5.32 Å². The number of hydrogen-bond acceptors (Lipinski definition) is 4. The van der Waals surface area contributed by atoms with Gasteiger partial charge in [0.1, 0.15) is 5.75 Å². The third-order valence-electron chi connectivity index (χ3n) is 3.41. The number of benzene rings is 2. The molecule has 1 N–H and O–H groups in total. The predicted octanol–water partition coefficient (Wildman–Crippen LogP) is 6.31. The standard InChI is InChI=1S/C17H9Cl3F6N2O4/c18-10-4-2-1-3-9(10)13(29)27-15(30)28(20)8-5-6-12(11(19)7-8)31-16(22,23)14(21)32-17(24,25)26/h1-7,14H,(H,27,29,30). The van der Waals surface area contributed by atoms with Crippen LogP contribution in [0.5, 0.6) is 5.75 Å². The maximum Gasteiger partial charge on any atom is 0.525 e. The number of ether oxygens (including phenoxy) is 2. The van der Waals surface area contributed by atoms with Crippen molar-refractivity contribution in [2.75, 3.05) is 4.42 Å². The van der Waals surface area contributed by atoms with E-state index in [4.69, 9.17) is 35.0 Å². The van der Waals surface area contributed by atoms with Gasteiger partial charge in [0.25, 0.3) is 5.91 Å². The zero-order chi connectivity index (χ0) is 24.3. The van der Waals surface area contributed by atoms with E-state index in [9.17, 15) is 35.9 Å². The summed E-state index contributed by atoms with van der Waals surface area (Å²) < 4.78 is 82.7. The molecule has 15 heteroatoms. The van der Waals surface area contributed by atoms with Crippen LogP contribution in [0.4, 0.5) is 36.8 Å². The Morgan fingerprint density at radius 1 is 1.00 bits per heavy atom. The third-order valence-corrected chi connectivity index (χ3v) is 4.38. The Balaban J connectivity index is 2.11. The second kappa shape index (κ2) is 10.0. The lowest BCUT2D eigenvalue weighted by Gasteiger charge is -2.23. The minimum atomic E-state index is -5.69. The van der Waals surface area contributed by atoms with Gasteiger partial charge in [-0.1, -0.05) is 35.3 Å². The molecule has 0 aliphatic carbocycles. The molecule has 6 nitrogen and oxygen atoms in total. The number of imide groups is 1. The van der Waals surface area contributed by atoms with Crippen LogP contribution in [0.25, 0.3) is 0 Å². The number of alkyl halides is 6. The Kier molecular flexibility index (Phi) is 8.10. The van der Waals surface area contributed by atoms with Gasteiger partial charge in [-0.2, -0.15) is 8.78 Å². The maximum absolute atomic E-state index is 13.5. The van der Waals surface area contributed by atoms with Gasteiger partial charge in [-0.3, -0.25) is 10.1 Å². The minimum Gasteiger partial charge on any atom is -0.427 e. The summed E-state index contributed by atoms with van der Waals surface area (Å²) in [7, 11) is 0. The zero-order valence-electron chi connectivity index (χ0n) is 15.1. The molecule has 0 aliphatic heterocycles. The van der Waals surface area contributed by atoms with Gasteiger partial charge >= 0.3 is 24.9 Å². The van der Waals surface area contributed by atoms with Crippen molar-refractivity contribution in [3.63, 3.8) is 0 Å². The van der Waals surface area contributed by atoms with E-state index in [1.807, 2.05) is 5.32 Å². The van der Waals surface area contributed by atoms with E-state index in [0.717, 1.165) is 12.1 Å². The van der Waals surface area contributed by atoms with Crippen molar-refractivity contribution < 1.29 is 45.4 Å². The number of carbonyl (C=O) groups excluding carboxylic acids is 2. The largest absolute Gasteiger partial charge is 0.525 e. The molecule has 1 unspecified atom stereocenters. The third kappa shape index (κ3) is 6.79. The number of halogens is 9. The van der Waals surface area contributed by atoms with Crippen LogP contribution in [-0.4, -0.2) is 30.8 Å². The van der Waals surface area contributed by atoms with Crippen LogP contribution in [0.2, 0.25) is 10.0 Å². The molecule has 174 valence electrons. The van der Waals surface area contributed by atoms with E-state index in [-0.39, 0.29) is 16.3 Å². The molecule has 0 saturated carbocycles. The number of urea groups is 1. The zero-order valence-corrected chi connectivity index (χ0v) is 17.4. The van der Waals surface area contributed by atoms with Crippen molar-refractivity contribution in [2.24, 2.45) is 0 Å². The van der Waals surface area contributed by atoms with Gasteiger partial charge in [-0.25, -0.2) is 18.3 Å². The molecular formula is C17H9Cl3F6N2O4. The number of anilines is 1. The van der Waals surface area contributed by atoms with Gasteiger partial charge in [-0.05, 0) is 30.3 Å². The number of rotatable bonds is 6. The van der Waals surface area contributed by atoms with Crippen molar-refractivity contribution >= 4 is 52.6 Å². The first kappa shape index (κ1) is 25.8. The van der Waals surface area contributed by atoms with E-state index < -0.39 is 41.5 Å². The molecule has 0 aliphatic rings. The lowest BCUT2D eigenvalue weighted by Crippen LogP contribution is -2.41. The summed E-state index contributed by atoms with van der Waals surface area (Å²) in [6.07, 6.45) is -14.9. The normalized spacial score (nSPS) is 12.8. The summed E-state index contributed by atoms with van der Waals surface area (Å²) in [6.45, 7) is 0. The molecule has 0 spiro atoms. The van der Waals surface area contributed by atoms with Crippen molar-refractivity contribution in [2.45, 2.75) is 18.8 Å². The van der Waals surface area contributed by atoms with Gasteiger partial charge in [0.2, 0.25) is 0 Å². The molecule has 0 aromatic heterocycles. The first-order chi connectivity index (χ1) is 14.7. The van der Waals surface area contributed by atoms with E-state index in [1.165, 1.54) is 18.2 Å². The van der Waals surface area contributed by atoms with Gasteiger partial charge in [0.15, 0.2) is 0 Å². The van der Waals surface area contributed by atoms with Crippen molar-refractivity contribution in [3.05, 3.63) is 58.1 Å². The summed E-state index contributed by atoms with van der Waals surface area (Å²) in [5, 5.41) is 1.27. The predicted molar refractivity (Wildman–Crippen MR) is 102 cm³/mol. The van der Waals surface area contributed by atoms with Crippen molar-refractivity contribution in [1.29, 1.82) is 0 Å². The van der Waals surface area contributed by atoms with E-state index in [1.54, 1.807) is 6.07 Å². The van der Waals surface area contributed by atoms with Gasteiger partial charge < -0.3 is 4.74 Å². The molecule has 32 heavy (non-hydrogen) atoms. The molecule has 0 radical (unpaired) electrons. The van der Waals surface area contributed by atoms with Crippen LogP contribution in [0.1, 0.15) is 10.4 Å². The number of nitrogens with zero attached hydrogens (tertiary/aromatic N) is 1.